The zero-order chi connectivity index (χ0) is 35.1. The summed E-state index contributed by atoms with van der Waals surface area (Å²) in [5.41, 5.74) is -0.0557. The van der Waals surface area contributed by atoms with Crippen LogP contribution >= 0.6 is 23.2 Å². The summed E-state index contributed by atoms with van der Waals surface area (Å²) in [5, 5.41) is 3.61. The second kappa shape index (κ2) is 15.8. The third kappa shape index (κ3) is 9.15. The highest BCUT2D eigenvalue weighted by molar-refractivity contribution is 7.92. The molecule has 0 aliphatic heterocycles. The SMILES string of the molecule is CC[C@H](C(=O)NC(C)(C)C)N(Cc1ccc(Cl)cc1Cl)C(=O)CN(c1cc(OC)ccc1OC)S(=O)(=O)c1ccc(OC)c(OC)c1. The van der Waals surface area contributed by atoms with Crippen molar-refractivity contribution in [1.82, 2.24) is 10.2 Å². The maximum Gasteiger partial charge on any atom is 0.265 e. The highest BCUT2D eigenvalue weighted by Crippen LogP contribution is 2.38. The van der Waals surface area contributed by atoms with Crippen molar-refractivity contribution < 1.29 is 37.0 Å². The average molecular weight is 711 g/mol. The second-order valence-corrected chi connectivity index (χ2v) is 14.2. The standard InChI is InChI=1S/C33H41Cl2N3O8S/c1-9-26(32(40)36-33(2,3)4)37(19-21-10-11-22(34)16-25(21)35)31(39)20-38(27-17-23(43-5)12-14-28(27)44-6)47(41,42)24-13-15-29(45-7)30(18-24)46-8/h10-18,26H,9,19-20H2,1-8H3,(H,36,40)/t26-/m1/s1. The largest absolute Gasteiger partial charge is 0.497 e. The molecule has 0 aliphatic rings. The van der Waals surface area contributed by atoms with Gasteiger partial charge in [0.05, 0.1) is 39.0 Å². The Labute approximate surface area is 286 Å². The van der Waals surface area contributed by atoms with Crippen LogP contribution in [0.5, 0.6) is 23.0 Å². The van der Waals surface area contributed by atoms with Gasteiger partial charge in [-0.2, -0.15) is 0 Å². The number of carbonyl (C=O) groups is 2. The van der Waals surface area contributed by atoms with Crippen molar-refractivity contribution in [3.63, 3.8) is 0 Å². The molecule has 11 nitrogen and oxygen atoms in total. The Kier molecular flexibility index (Phi) is 12.6. The van der Waals surface area contributed by atoms with Crippen molar-refractivity contribution in [2.24, 2.45) is 0 Å². The van der Waals surface area contributed by atoms with Gasteiger partial charge in [-0.3, -0.25) is 13.9 Å². The molecule has 0 unspecified atom stereocenters. The lowest BCUT2D eigenvalue weighted by molar-refractivity contribution is -0.141. The van der Waals surface area contributed by atoms with Crippen LogP contribution in [0.25, 0.3) is 0 Å². The van der Waals surface area contributed by atoms with E-state index in [0.29, 0.717) is 22.1 Å². The lowest BCUT2D eigenvalue weighted by Crippen LogP contribution is -2.55. The van der Waals surface area contributed by atoms with Crippen LogP contribution < -0.4 is 28.6 Å². The summed E-state index contributed by atoms with van der Waals surface area (Å²) >= 11 is 12.6. The number of amides is 2. The number of hydrogen-bond acceptors (Lipinski definition) is 8. The summed E-state index contributed by atoms with van der Waals surface area (Å²) in [5.74, 6) is -0.127. The van der Waals surface area contributed by atoms with Gasteiger partial charge >= 0.3 is 0 Å². The van der Waals surface area contributed by atoms with Gasteiger partial charge < -0.3 is 29.2 Å². The topological polar surface area (TPSA) is 124 Å². The average Bonchev–Trinajstić information content (AvgIpc) is 3.02. The quantitative estimate of drug-likeness (QED) is 0.218. The molecular weight excluding hydrogens is 669 g/mol. The van der Waals surface area contributed by atoms with E-state index in [2.05, 4.69) is 5.32 Å². The van der Waals surface area contributed by atoms with E-state index in [-0.39, 0.29) is 40.1 Å². The second-order valence-electron chi connectivity index (χ2n) is 11.5. The van der Waals surface area contributed by atoms with Crippen LogP contribution in [-0.2, 0) is 26.2 Å². The van der Waals surface area contributed by atoms with Crippen LogP contribution in [0.3, 0.4) is 0 Å². The van der Waals surface area contributed by atoms with Gasteiger partial charge in [0.15, 0.2) is 11.5 Å². The number of hydrogen-bond donors (Lipinski definition) is 1. The monoisotopic (exact) mass is 709 g/mol. The zero-order valence-corrected chi connectivity index (χ0v) is 30.0. The molecule has 0 saturated heterocycles. The Hall–Kier alpha value is -3.87. The molecule has 3 aromatic carbocycles. The maximum absolute atomic E-state index is 14.5. The molecule has 14 heteroatoms. The molecule has 0 fully saturated rings. The van der Waals surface area contributed by atoms with Gasteiger partial charge in [-0.15, -0.1) is 0 Å². The molecule has 47 heavy (non-hydrogen) atoms. The Morgan fingerprint density at radius 2 is 1.49 bits per heavy atom. The predicted molar refractivity (Wildman–Crippen MR) is 183 cm³/mol. The lowest BCUT2D eigenvalue weighted by atomic mass is 10.1. The summed E-state index contributed by atoms with van der Waals surface area (Å²) < 4.78 is 51.5. The first-order valence-electron chi connectivity index (χ1n) is 14.6. The van der Waals surface area contributed by atoms with E-state index in [1.54, 1.807) is 25.1 Å². The molecule has 256 valence electrons. The Morgan fingerprint density at radius 1 is 0.851 bits per heavy atom. The molecule has 3 aromatic rings. The number of rotatable bonds is 14. The van der Waals surface area contributed by atoms with Gasteiger partial charge in [0.1, 0.15) is 24.1 Å². The molecule has 0 aliphatic carbocycles. The number of nitrogens with zero attached hydrogens (tertiary/aromatic N) is 2. The van der Waals surface area contributed by atoms with E-state index in [0.717, 1.165) is 4.31 Å². The van der Waals surface area contributed by atoms with E-state index in [9.17, 15) is 18.0 Å². The summed E-state index contributed by atoms with van der Waals surface area (Å²) in [4.78, 5) is 29.2. The third-order valence-electron chi connectivity index (χ3n) is 7.12. The number of ether oxygens (including phenoxy) is 4. The molecule has 0 bridgehead atoms. The maximum atomic E-state index is 14.5. The number of halogens is 2. The molecule has 0 aromatic heterocycles. The van der Waals surface area contributed by atoms with Gasteiger partial charge in [0.25, 0.3) is 10.0 Å². The highest BCUT2D eigenvalue weighted by Gasteiger charge is 2.36. The molecule has 0 saturated carbocycles. The number of carbonyl (C=O) groups excluding carboxylic acids is 2. The molecule has 0 spiro atoms. The first kappa shape index (κ1) is 37.6. The minimum Gasteiger partial charge on any atom is -0.497 e. The number of nitrogens with one attached hydrogen (secondary N) is 1. The van der Waals surface area contributed by atoms with Crippen molar-refractivity contribution in [2.75, 3.05) is 39.3 Å². The minimum atomic E-state index is -4.50. The van der Waals surface area contributed by atoms with E-state index >= 15 is 0 Å². The molecule has 2 amide bonds. The van der Waals surface area contributed by atoms with Gasteiger partial charge in [0.2, 0.25) is 11.8 Å². The fraction of sp³-hybridized carbons (Fsp3) is 0.394. The first-order valence-corrected chi connectivity index (χ1v) is 16.8. The van der Waals surface area contributed by atoms with E-state index in [1.807, 2.05) is 20.8 Å². The van der Waals surface area contributed by atoms with Crippen LogP contribution in [0.2, 0.25) is 10.0 Å². The minimum absolute atomic E-state index is 0.0339. The molecule has 1 atom stereocenters. The van der Waals surface area contributed by atoms with Crippen LogP contribution in [-0.4, -0.2) is 71.7 Å². The fourth-order valence-electron chi connectivity index (χ4n) is 4.82. The normalized spacial score (nSPS) is 12.1. The molecule has 0 heterocycles. The van der Waals surface area contributed by atoms with Crippen LogP contribution in [0.4, 0.5) is 5.69 Å². The zero-order valence-electron chi connectivity index (χ0n) is 27.7. The Morgan fingerprint density at radius 3 is 2.04 bits per heavy atom. The van der Waals surface area contributed by atoms with Crippen LogP contribution in [0, 0.1) is 0 Å². The smallest absolute Gasteiger partial charge is 0.265 e. The Balaban J connectivity index is 2.23. The van der Waals surface area contributed by atoms with E-state index < -0.39 is 40.0 Å². The molecule has 3 rings (SSSR count). The first-order chi connectivity index (χ1) is 22.1. The van der Waals surface area contributed by atoms with Crippen molar-refractivity contribution in [3.8, 4) is 23.0 Å². The summed E-state index contributed by atoms with van der Waals surface area (Å²) in [6, 6.07) is 12.5. The summed E-state index contributed by atoms with van der Waals surface area (Å²) in [6.45, 7) is 6.42. The number of sulfonamides is 1. The van der Waals surface area contributed by atoms with Crippen molar-refractivity contribution in [3.05, 3.63) is 70.2 Å². The summed E-state index contributed by atoms with van der Waals surface area (Å²) in [7, 11) is 1.13. The number of anilines is 1. The van der Waals surface area contributed by atoms with Gasteiger partial charge in [-0.25, -0.2) is 8.42 Å². The summed E-state index contributed by atoms with van der Waals surface area (Å²) in [6.07, 6.45) is 0.226. The molecule has 0 radical (unpaired) electrons. The van der Waals surface area contributed by atoms with Gasteiger partial charge in [-0.1, -0.05) is 36.2 Å². The van der Waals surface area contributed by atoms with E-state index in [1.165, 1.54) is 69.7 Å². The van der Waals surface area contributed by atoms with Crippen molar-refractivity contribution in [2.45, 2.75) is 57.1 Å². The molecular formula is C33H41Cl2N3O8S. The highest BCUT2D eigenvalue weighted by atomic mass is 35.5. The third-order valence-corrected chi connectivity index (χ3v) is 9.46. The van der Waals surface area contributed by atoms with Gasteiger partial charge in [0, 0.05) is 34.3 Å². The molecule has 1 N–H and O–H groups in total. The predicted octanol–water partition coefficient (Wildman–Crippen LogP) is 5.95. The number of methoxy groups -OCH3 is 4. The lowest BCUT2D eigenvalue weighted by Gasteiger charge is -2.35. The van der Waals surface area contributed by atoms with Gasteiger partial charge in [-0.05, 0) is 69.2 Å². The fourth-order valence-corrected chi connectivity index (χ4v) is 6.72. The van der Waals surface area contributed by atoms with Crippen molar-refractivity contribution in [1.29, 1.82) is 0 Å². The van der Waals surface area contributed by atoms with Crippen molar-refractivity contribution >= 4 is 50.7 Å². The van der Waals surface area contributed by atoms with E-state index in [4.69, 9.17) is 42.1 Å². The Bertz CT molecular complexity index is 1700. The van der Waals surface area contributed by atoms with Crippen LogP contribution in [0.15, 0.2) is 59.5 Å². The number of benzene rings is 3. The van der Waals surface area contributed by atoms with Crippen LogP contribution in [0.1, 0.15) is 39.7 Å².